The molecule has 132 valence electrons. The molecule has 2 aliphatic heterocycles. The largest absolute Gasteiger partial charge is 0.335 e. The van der Waals surface area contributed by atoms with Gasteiger partial charge in [-0.2, -0.15) is 0 Å². The number of nitrogens with zero attached hydrogens (tertiary/aromatic N) is 1. The molecule has 0 bridgehead atoms. The van der Waals surface area contributed by atoms with Gasteiger partial charge in [0.2, 0.25) is 5.91 Å². The topological polar surface area (TPSA) is 32.3 Å². The van der Waals surface area contributed by atoms with Gasteiger partial charge in [0.1, 0.15) is 0 Å². The van der Waals surface area contributed by atoms with Crippen molar-refractivity contribution in [2.24, 2.45) is 11.8 Å². The van der Waals surface area contributed by atoms with E-state index in [2.05, 4.69) is 65.7 Å². The number of benzene rings is 2. The second-order valence-corrected chi connectivity index (χ2v) is 7.15. The van der Waals surface area contributed by atoms with Crippen LogP contribution in [0, 0.1) is 18.8 Å². The fourth-order valence-electron chi connectivity index (χ4n) is 4.24. The van der Waals surface area contributed by atoms with Crippen LogP contribution in [0.5, 0.6) is 0 Å². The summed E-state index contributed by atoms with van der Waals surface area (Å²) in [5.74, 6) is 1.37. The maximum atomic E-state index is 13.0. The summed E-state index contributed by atoms with van der Waals surface area (Å²) < 4.78 is 0. The van der Waals surface area contributed by atoms with E-state index in [1.54, 1.807) is 0 Å². The first kappa shape index (κ1) is 18.0. The second kappa shape index (κ2) is 7.59. The van der Waals surface area contributed by atoms with Gasteiger partial charge in [-0.25, -0.2) is 0 Å². The fraction of sp³-hybridized carbons (Fsp3) is 0.381. The van der Waals surface area contributed by atoms with Gasteiger partial charge in [-0.15, -0.1) is 12.4 Å². The molecule has 1 amide bonds. The van der Waals surface area contributed by atoms with Gasteiger partial charge < -0.3 is 10.2 Å². The number of fused-ring (bicyclic) bond motifs is 1. The number of hydrogen-bond donors (Lipinski definition) is 1. The minimum absolute atomic E-state index is 0. The summed E-state index contributed by atoms with van der Waals surface area (Å²) in [4.78, 5) is 15.2. The predicted octanol–water partition coefficient (Wildman–Crippen LogP) is 3.38. The van der Waals surface area contributed by atoms with E-state index in [1.165, 1.54) is 11.1 Å². The number of halogens is 1. The Morgan fingerprint density at radius 1 is 1.08 bits per heavy atom. The maximum absolute atomic E-state index is 13.0. The molecule has 0 radical (unpaired) electrons. The van der Waals surface area contributed by atoms with E-state index in [0.29, 0.717) is 18.3 Å². The van der Waals surface area contributed by atoms with Crippen molar-refractivity contribution in [2.45, 2.75) is 19.4 Å². The monoisotopic (exact) mass is 356 g/mol. The highest BCUT2D eigenvalue weighted by molar-refractivity contribution is 5.85. The molecule has 1 N–H and O–H groups in total. The van der Waals surface area contributed by atoms with Crippen LogP contribution in [0.15, 0.2) is 54.6 Å². The van der Waals surface area contributed by atoms with E-state index in [4.69, 9.17) is 0 Å². The molecule has 4 heteroatoms. The van der Waals surface area contributed by atoms with Crippen LogP contribution >= 0.6 is 12.4 Å². The first-order chi connectivity index (χ1) is 11.7. The smallest absolute Gasteiger partial charge is 0.227 e. The first-order valence-corrected chi connectivity index (χ1v) is 8.83. The molecule has 0 unspecified atom stereocenters. The average Bonchev–Trinajstić information content (AvgIpc) is 3.18. The SMILES string of the molecule is Cc1ccc(CC(=O)N2C[C@@H]3CNC[C@@H]3[C@H]2c2ccccc2)cc1.Cl. The molecule has 0 aliphatic carbocycles. The van der Waals surface area contributed by atoms with Crippen molar-refractivity contribution in [2.75, 3.05) is 19.6 Å². The quantitative estimate of drug-likeness (QED) is 0.914. The molecule has 0 aromatic heterocycles. The van der Waals surface area contributed by atoms with Gasteiger partial charge >= 0.3 is 0 Å². The van der Waals surface area contributed by atoms with Crippen molar-refractivity contribution in [3.05, 3.63) is 71.3 Å². The van der Waals surface area contributed by atoms with Gasteiger partial charge in [0.05, 0.1) is 12.5 Å². The molecule has 0 saturated carbocycles. The second-order valence-electron chi connectivity index (χ2n) is 7.15. The summed E-state index contributed by atoms with van der Waals surface area (Å²) in [6, 6.07) is 19.0. The molecule has 4 rings (SSSR count). The number of aryl methyl sites for hydroxylation is 1. The fourth-order valence-corrected chi connectivity index (χ4v) is 4.24. The number of likely N-dealkylation sites (tertiary alicyclic amines) is 1. The number of carbonyl (C=O) groups is 1. The Kier molecular flexibility index (Phi) is 5.45. The average molecular weight is 357 g/mol. The van der Waals surface area contributed by atoms with E-state index < -0.39 is 0 Å². The molecular formula is C21H25ClN2O. The lowest BCUT2D eigenvalue weighted by molar-refractivity contribution is -0.131. The van der Waals surface area contributed by atoms with E-state index in [-0.39, 0.29) is 24.4 Å². The summed E-state index contributed by atoms with van der Waals surface area (Å²) >= 11 is 0. The van der Waals surface area contributed by atoms with Crippen LogP contribution in [0.1, 0.15) is 22.7 Å². The number of amides is 1. The Bertz CT molecular complexity index is 716. The van der Waals surface area contributed by atoms with Crippen molar-refractivity contribution in [3.63, 3.8) is 0 Å². The Morgan fingerprint density at radius 3 is 2.52 bits per heavy atom. The van der Waals surface area contributed by atoms with Crippen molar-refractivity contribution >= 4 is 18.3 Å². The lowest BCUT2D eigenvalue weighted by Crippen LogP contribution is -2.35. The molecule has 2 heterocycles. The van der Waals surface area contributed by atoms with Crippen LogP contribution in [0.25, 0.3) is 0 Å². The number of hydrogen-bond acceptors (Lipinski definition) is 2. The zero-order valence-corrected chi connectivity index (χ0v) is 15.3. The highest BCUT2D eigenvalue weighted by Gasteiger charge is 2.46. The Labute approximate surface area is 155 Å². The molecule has 3 atom stereocenters. The van der Waals surface area contributed by atoms with Crippen molar-refractivity contribution in [1.82, 2.24) is 10.2 Å². The van der Waals surface area contributed by atoms with Gasteiger partial charge in [-0.1, -0.05) is 60.2 Å². The molecule has 2 aromatic carbocycles. The van der Waals surface area contributed by atoms with Crippen molar-refractivity contribution < 1.29 is 4.79 Å². The van der Waals surface area contributed by atoms with Crippen LogP contribution in [0.2, 0.25) is 0 Å². The molecular weight excluding hydrogens is 332 g/mol. The van der Waals surface area contributed by atoms with Gasteiger partial charge in [0, 0.05) is 25.6 Å². The Morgan fingerprint density at radius 2 is 1.80 bits per heavy atom. The third kappa shape index (κ3) is 3.58. The van der Waals surface area contributed by atoms with Gasteiger partial charge in [0.25, 0.3) is 0 Å². The van der Waals surface area contributed by atoms with Crippen LogP contribution in [-0.2, 0) is 11.2 Å². The minimum atomic E-state index is 0. The van der Waals surface area contributed by atoms with Crippen LogP contribution in [0.4, 0.5) is 0 Å². The van der Waals surface area contributed by atoms with E-state index in [1.807, 2.05) is 6.07 Å². The molecule has 2 saturated heterocycles. The molecule has 2 fully saturated rings. The molecule has 2 aromatic rings. The first-order valence-electron chi connectivity index (χ1n) is 8.83. The summed E-state index contributed by atoms with van der Waals surface area (Å²) in [6.45, 7) is 4.99. The minimum Gasteiger partial charge on any atom is -0.335 e. The molecule has 3 nitrogen and oxygen atoms in total. The third-order valence-corrected chi connectivity index (χ3v) is 5.50. The zero-order valence-electron chi connectivity index (χ0n) is 14.5. The van der Waals surface area contributed by atoms with E-state index >= 15 is 0 Å². The van der Waals surface area contributed by atoms with Gasteiger partial charge in [-0.05, 0) is 24.0 Å². The van der Waals surface area contributed by atoms with E-state index in [9.17, 15) is 4.79 Å². The number of carbonyl (C=O) groups excluding carboxylic acids is 1. The lowest BCUT2D eigenvalue weighted by Gasteiger charge is -2.28. The predicted molar refractivity (Wildman–Crippen MR) is 103 cm³/mol. The number of nitrogens with one attached hydrogen (secondary N) is 1. The highest BCUT2D eigenvalue weighted by atomic mass is 35.5. The summed E-state index contributed by atoms with van der Waals surface area (Å²) in [5.41, 5.74) is 3.61. The number of rotatable bonds is 3. The highest BCUT2D eigenvalue weighted by Crippen LogP contribution is 2.42. The Balaban J connectivity index is 0.00000182. The summed E-state index contributed by atoms with van der Waals surface area (Å²) in [6.07, 6.45) is 0.497. The maximum Gasteiger partial charge on any atom is 0.227 e. The summed E-state index contributed by atoms with van der Waals surface area (Å²) in [7, 11) is 0. The zero-order chi connectivity index (χ0) is 16.5. The normalized spacial score (nSPS) is 24.7. The van der Waals surface area contributed by atoms with Crippen LogP contribution < -0.4 is 5.32 Å². The molecule has 25 heavy (non-hydrogen) atoms. The lowest BCUT2D eigenvalue weighted by atomic mass is 9.89. The van der Waals surface area contributed by atoms with Crippen molar-refractivity contribution in [3.8, 4) is 0 Å². The van der Waals surface area contributed by atoms with Crippen LogP contribution in [-0.4, -0.2) is 30.4 Å². The standard InChI is InChI=1S/C21H24N2O.ClH/c1-15-7-9-16(10-8-15)11-20(24)23-14-18-12-22-13-19(18)21(23)17-5-3-2-4-6-17;/h2-10,18-19,21-22H,11-14H2,1H3;1H/t18-,19-,21+;/m0./s1. The summed E-state index contributed by atoms with van der Waals surface area (Å²) in [5, 5.41) is 3.50. The van der Waals surface area contributed by atoms with Gasteiger partial charge in [0.15, 0.2) is 0 Å². The Hall–Kier alpha value is -1.84. The molecule has 0 spiro atoms. The third-order valence-electron chi connectivity index (χ3n) is 5.50. The molecule has 2 aliphatic rings. The van der Waals surface area contributed by atoms with Crippen LogP contribution in [0.3, 0.4) is 0 Å². The van der Waals surface area contributed by atoms with Gasteiger partial charge in [-0.3, -0.25) is 4.79 Å². The van der Waals surface area contributed by atoms with Crippen molar-refractivity contribution in [1.29, 1.82) is 0 Å². The van der Waals surface area contributed by atoms with E-state index in [0.717, 1.165) is 25.2 Å².